The van der Waals surface area contributed by atoms with E-state index in [1.807, 2.05) is 68.4 Å². The molecule has 1 unspecified atom stereocenters. The Morgan fingerprint density at radius 1 is 0.927 bits per heavy atom. The van der Waals surface area contributed by atoms with Gasteiger partial charge in [0.05, 0.1) is 18.1 Å². The molecule has 2 aromatic carbocycles. The second-order valence-electron chi connectivity index (χ2n) is 12.4. The molecule has 3 aromatic rings. The number of benzene rings is 2. The fraction of sp³-hybridized carbons (Fsp3) is 0.485. The summed E-state index contributed by atoms with van der Waals surface area (Å²) < 4.78 is 7.85. The molecule has 3 heterocycles. The van der Waals surface area contributed by atoms with Crippen molar-refractivity contribution in [3.63, 3.8) is 0 Å². The van der Waals surface area contributed by atoms with E-state index in [-0.39, 0.29) is 18.0 Å². The van der Waals surface area contributed by atoms with E-state index in [0.717, 1.165) is 36.3 Å². The molecule has 41 heavy (non-hydrogen) atoms. The Kier molecular flexibility index (Phi) is 8.78. The van der Waals surface area contributed by atoms with Gasteiger partial charge in [-0.3, -0.25) is 4.79 Å². The van der Waals surface area contributed by atoms with Gasteiger partial charge in [-0.15, -0.1) is 0 Å². The highest BCUT2D eigenvalue weighted by Crippen LogP contribution is 2.28. The third-order valence-corrected chi connectivity index (χ3v) is 8.13. The summed E-state index contributed by atoms with van der Waals surface area (Å²) in [6, 6.07) is 20.5. The van der Waals surface area contributed by atoms with Crippen molar-refractivity contribution in [1.29, 1.82) is 0 Å². The number of piperidine rings is 1. The number of imidazole rings is 1. The summed E-state index contributed by atoms with van der Waals surface area (Å²) >= 11 is 0. The van der Waals surface area contributed by atoms with Gasteiger partial charge in [0.25, 0.3) is 5.91 Å². The molecule has 2 amide bonds. The van der Waals surface area contributed by atoms with Gasteiger partial charge < -0.3 is 24.0 Å². The van der Waals surface area contributed by atoms with Crippen LogP contribution < -0.4 is 0 Å². The van der Waals surface area contributed by atoms with Crippen LogP contribution in [-0.2, 0) is 17.7 Å². The Bertz CT molecular complexity index is 1320. The first kappa shape index (κ1) is 28.9. The number of piperazine rings is 1. The van der Waals surface area contributed by atoms with E-state index in [4.69, 9.17) is 9.72 Å². The molecule has 2 saturated heterocycles. The normalized spacial score (nSPS) is 20.2. The average Bonchev–Trinajstić information content (AvgIpc) is 3.37. The van der Waals surface area contributed by atoms with Crippen LogP contribution in [0.5, 0.6) is 0 Å². The third-order valence-electron chi connectivity index (χ3n) is 8.13. The van der Waals surface area contributed by atoms with Crippen molar-refractivity contribution in [3.8, 4) is 11.3 Å². The maximum absolute atomic E-state index is 14.4. The first-order valence-electron chi connectivity index (χ1n) is 14.8. The van der Waals surface area contributed by atoms with Gasteiger partial charge >= 0.3 is 6.09 Å². The molecular formula is C33H43N5O3. The van der Waals surface area contributed by atoms with Gasteiger partial charge in [0.15, 0.2) is 5.69 Å². The Balaban J connectivity index is 1.45. The maximum Gasteiger partial charge on any atom is 0.410 e. The van der Waals surface area contributed by atoms with Crippen molar-refractivity contribution in [2.75, 3.05) is 33.2 Å². The average molecular weight is 558 g/mol. The molecule has 1 aromatic heterocycles. The van der Waals surface area contributed by atoms with Crippen molar-refractivity contribution in [1.82, 2.24) is 24.3 Å². The second-order valence-corrected chi connectivity index (χ2v) is 12.4. The van der Waals surface area contributed by atoms with Crippen molar-refractivity contribution in [3.05, 3.63) is 78.2 Å². The molecule has 8 heteroatoms. The molecule has 0 spiro atoms. The topological polar surface area (TPSA) is 70.9 Å². The van der Waals surface area contributed by atoms with Crippen LogP contribution in [0.2, 0.25) is 0 Å². The summed E-state index contributed by atoms with van der Waals surface area (Å²) in [6.45, 7) is 8.75. The molecule has 0 saturated carbocycles. The lowest BCUT2D eigenvalue weighted by atomic mass is 10.0. The number of rotatable bonds is 6. The van der Waals surface area contributed by atoms with Crippen LogP contribution in [-0.4, -0.2) is 87.2 Å². The van der Waals surface area contributed by atoms with E-state index in [1.165, 1.54) is 12.8 Å². The zero-order valence-corrected chi connectivity index (χ0v) is 24.8. The minimum Gasteiger partial charge on any atom is -0.444 e. The Hall–Kier alpha value is -3.65. The molecule has 218 valence electrons. The third kappa shape index (κ3) is 6.99. The number of hydrogen-bond acceptors (Lipinski definition) is 5. The molecular weight excluding hydrogens is 514 g/mol. The highest BCUT2D eigenvalue weighted by atomic mass is 16.6. The fourth-order valence-electron chi connectivity index (χ4n) is 5.99. The smallest absolute Gasteiger partial charge is 0.410 e. The molecule has 5 rings (SSSR count). The Labute approximate surface area is 243 Å². The lowest BCUT2D eigenvalue weighted by Gasteiger charge is -2.41. The Morgan fingerprint density at radius 2 is 1.63 bits per heavy atom. The molecule has 0 radical (unpaired) electrons. The number of aromatic nitrogens is 2. The monoisotopic (exact) mass is 557 g/mol. The standard InChI is InChI=1S/C33H43N5O3/c1-33(2,3)41-32(40)36-19-20-38(28(23-36)21-25-13-7-5-8-14-25)31(39)29-30(26-15-9-6-10-16-26)37(24-34-29)22-27-17-11-12-18-35(27)4/h5-10,13-16,24,27-28H,11-12,17-23H2,1-4H3/t27?,28-/m1/s1. The largest absolute Gasteiger partial charge is 0.444 e. The van der Waals surface area contributed by atoms with Crippen molar-refractivity contribution in [2.24, 2.45) is 0 Å². The number of carbonyl (C=O) groups excluding carboxylic acids is 2. The highest BCUT2D eigenvalue weighted by molar-refractivity contribution is 5.98. The van der Waals surface area contributed by atoms with E-state index in [9.17, 15) is 9.59 Å². The molecule has 2 aliphatic rings. The quantitative estimate of drug-likeness (QED) is 0.409. The van der Waals surface area contributed by atoms with Crippen LogP contribution in [0, 0.1) is 0 Å². The minimum absolute atomic E-state index is 0.0932. The predicted molar refractivity (Wildman–Crippen MR) is 161 cm³/mol. The molecule has 0 bridgehead atoms. The van der Waals surface area contributed by atoms with Crippen molar-refractivity contribution >= 4 is 12.0 Å². The minimum atomic E-state index is -0.581. The lowest BCUT2D eigenvalue weighted by molar-refractivity contribution is 0.00429. The van der Waals surface area contributed by atoms with Gasteiger partial charge in [-0.25, -0.2) is 9.78 Å². The first-order chi connectivity index (χ1) is 19.7. The zero-order chi connectivity index (χ0) is 29.0. The summed E-state index contributed by atoms with van der Waals surface area (Å²) in [6.07, 6.45) is 5.72. The van der Waals surface area contributed by atoms with Crippen LogP contribution in [0.1, 0.15) is 56.1 Å². The fourth-order valence-corrected chi connectivity index (χ4v) is 5.99. The SMILES string of the molecule is CN1CCCCC1Cn1cnc(C(=O)N2CCN(C(=O)OC(C)(C)C)C[C@H]2Cc2ccccc2)c1-c1ccccc1. The molecule has 0 aliphatic carbocycles. The van der Waals surface area contributed by atoms with E-state index in [0.29, 0.717) is 37.8 Å². The van der Waals surface area contributed by atoms with E-state index >= 15 is 0 Å². The van der Waals surface area contributed by atoms with E-state index < -0.39 is 5.60 Å². The number of ether oxygens (including phenoxy) is 1. The number of nitrogens with zero attached hydrogens (tertiary/aromatic N) is 5. The predicted octanol–water partition coefficient (Wildman–Crippen LogP) is 5.34. The van der Waals surface area contributed by atoms with Gasteiger partial charge in [-0.1, -0.05) is 67.1 Å². The van der Waals surface area contributed by atoms with Crippen LogP contribution in [0.15, 0.2) is 67.0 Å². The van der Waals surface area contributed by atoms with Crippen LogP contribution in [0.3, 0.4) is 0 Å². The summed E-state index contributed by atoms with van der Waals surface area (Å²) in [4.78, 5) is 38.2. The number of likely N-dealkylation sites (tertiary alicyclic amines) is 1. The summed E-state index contributed by atoms with van der Waals surface area (Å²) in [5.74, 6) is -0.0932. The van der Waals surface area contributed by atoms with Gasteiger partial charge in [0.1, 0.15) is 5.60 Å². The summed E-state index contributed by atoms with van der Waals surface area (Å²) in [7, 11) is 2.19. The number of hydrogen-bond donors (Lipinski definition) is 0. The number of carbonyl (C=O) groups is 2. The second kappa shape index (κ2) is 12.5. The molecule has 2 aliphatic heterocycles. The van der Waals surface area contributed by atoms with Crippen molar-refractivity contribution < 1.29 is 14.3 Å². The van der Waals surface area contributed by atoms with Crippen LogP contribution >= 0.6 is 0 Å². The number of amides is 2. The maximum atomic E-state index is 14.4. The highest BCUT2D eigenvalue weighted by Gasteiger charge is 2.37. The van der Waals surface area contributed by atoms with E-state index in [1.54, 1.807) is 4.90 Å². The lowest BCUT2D eigenvalue weighted by Crippen LogP contribution is -2.58. The van der Waals surface area contributed by atoms with Gasteiger partial charge in [0, 0.05) is 37.8 Å². The van der Waals surface area contributed by atoms with Gasteiger partial charge in [-0.05, 0) is 59.2 Å². The van der Waals surface area contributed by atoms with Crippen LogP contribution in [0.25, 0.3) is 11.3 Å². The van der Waals surface area contributed by atoms with Gasteiger partial charge in [-0.2, -0.15) is 0 Å². The van der Waals surface area contributed by atoms with E-state index in [2.05, 4.69) is 40.8 Å². The molecule has 8 nitrogen and oxygen atoms in total. The summed E-state index contributed by atoms with van der Waals surface area (Å²) in [5, 5.41) is 0. The Morgan fingerprint density at radius 3 is 2.32 bits per heavy atom. The van der Waals surface area contributed by atoms with Crippen molar-refractivity contribution in [2.45, 2.75) is 70.7 Å². The molecule has 2 atom stereocenters. The molecule has 0 N–H and O–H groups in total. The summed E-state index contributed by atoms with van der Waals surface area (Å²) in [5.41, 5.74) is 2.86. The van der Waals surface area contributed by atoms with Gasteiger partial charge in [0.2, 0.25) is 0 Å². The molecule has 2 fully saturated rings. The van der Waals surface area contributed by atoms with Crippen LogP contribution in [0.4, 0.5) is 4.79 Å². The first-order valence-corrected chi connectivity index (χ1v) is 14.8. The number of likely N-dealkylation sites (N-methyl/N-ethyl adjacent to an activating group) is 1. The zero-order valence-electron chi connectivity index (χ0n) is 24.8.